The summed E-state index contributed by atoms with van der Waals surface area (Å²) in [7, 11) is 0. The largest absolute Gasteiger partial charge is 0.494 e. The van der Waals surface area contributed by atoms with Gasteiger partial charge in [0.25, 0.3) is 0 Å². The highest BCUT2D eigenvalue weighted by Crippen LogP contribution is 2.33. The average molecular weight is 583 g/mol. The van der Waals surface area contributed by atoms with Crippen LogP contribution in [0.1, 0.15) is 56.2 Å². The van der Waals surface area contributed by atoms with Crippen LogP contribution < -0.4 is 4.74 Å². The number of aromatic nitrogens is 1. The number of piperidine rings is 1. The number of benzene rings is 3. The molecule has 2 unspecified atom stereocenters. The first-order valence-electron chi connectivity index (χ1n) is 15.1. The SMILES string of the molecule is CC(C)(C)OC(=O)N1CCC(c2ccc(OCCCOCc3ccccc3)cc2)C(OCc2ccc3cccnc3c2)C1. The van der Waals surface area contributed by atoms with Gasteiger partial charge < -0.3 is 23.8 Å². The van der Waals surface area contributed by atoms with E-state index in [0.29, 0.717) is 39.5 Å². The van der Waals surface area contributed by atoms with Gasteiger partial charge >= 0.3 is 6.09 Å². The zero-order chi connectivity index (χ0) is 30.1. The van der Waals surface area contributed by atoms with E-state index in [0.717, 1.165) is 35.1 Å². The molecule has 3 aromatic carbocycles. The summed E-state index contributed by atoms with van der Waals surface area (Å²) in [5.41, 5.74) is 3.79. The topological polar surface area (TPSA) is 70.1 Å². The Morgan fingerprint density at radius 1 is 0.907 bits per heavy atom. The van der Waals surface area contributed by atoms with Gasteiger partial charge in [0.15, 0.2) is 0 Å². The Kier molecular flexibility index (Phi) is 10.3. The van der Waals surface area contributed by atoms with Crippen LogP contribution in [0.25, 0.3) is 10.9 Å². The van der Waals surface area contributed by atoms with Crippen molar-refractivity contribution in [2.75, 3.05) is 26.3 Å². The number of hydrogen-bond acceptors (Lipinski definition) is 6. The van der Waals surface area contributed by atoms with Gasteiger partial charge in [0, 0.05) is 30.5 Å². The van der Waals surface area contributed by atoms with Gasteiger partial charge in [0.1, 0.15) is 11.4 Å². The van der Waals surface area contributed by atoms with E-state index in [9.17, 15) is 4.79 Å². The van der Waals surface area contributed by atoms with E-state index in [2.05, 4.69) is 53.5 Å². The molecule has 1 amide bonds. The molecule has 226 valence electrons. The van der Waals surface area contributed by atoms with Crippen molar-refractivity contribution < 1.29 is 23.7 Å². The fourth-order valence-corrected chi connectivity index (χ4v) is 5.29. The lowest BCUT2D eigenvalue weighted by Crippen LogP contribution is -2.48. The van der Waals surface area contributed by atoms with Crippen LogP contribution in [0, 0.1) is 0 Å². The molecule has 1 aliphatic heterocycles. The molecule has 1 fully saturated rings. The molecule has 0 saturated carbocycles. The molecule has 4 aromatic rings. The minimum atomic E-state index is -0.549. The van der Waals surface area contributed by atoms with Crippen molar-refractivity contribution in [1.82, 2.24) is 9.88 Å². The second kappa shape index (κ2) is 14.5. The smallest absolute Gasteiger partial charge is 0.410 e. The van der Waals surface area contributed by atoms with E-state index in [1.807, 2.05) is 57.2 Å². The quantitative estimate of drug-likeness (QED) is 0.170. The number of rotatable bonds is 11. The van der Waals surface area contributed by atoms with Crippen molar-refractivity contribution in [2.45, 2.75) is 64.4 Å². The number of nitrogens with zero attached hydrogens (tertiary/aromatic N) is 2. The van der Waals surface area contributed by atoms with Crippen molar-refractivity contribution in [3.8, 4) is 5.75 Å². The summed E-state index contributed by atoms with van der Waals surface area (Å²) in [5, 5.41) is 1.10. The molecule has 0 spiro atoms. The molecule has 5 rings (SSSR count). The first-order chi connectivity index (χ1) is 20.8. The van der Waals surface area contributed by atoms with Gasteiger partial charge in [-0.3, -0.25) is 4.98 Å². The van der Waals surface area contributed by atoms with Crippen LogP contribution in [0.3, 0.4) is 0 Å². The van der Waals surface area contributed by atoms with Crippen molar-refractivity contribution >= 4 is 17.0 Å². The number of pyridine rings is 1. The average Bonchev–Trinajstić information content (AvgIpc) is 3.01. The van der Waals surface area contributed by atoms with Crippen molar-refractivity contribution in [3.63, 3.8) is 0 Å². The van der Waals surface area contributed by atoms with Crippen LogP contribution in [-0.2, 0) is 27.4 Å². The monoisotopic (exact) mass is 582 g/mol. The zero-order valence-corrected chi connectivity index (χ0v) is 25.4. The molecule has 0 N–H and O–H groups in total. The molecule has 1 aromatic heterocycles. The summed E-state index contributed by atoms with van der Waals surface area (Å²) in [6.45, 7) is 9.03. The van der Waals surface area contributed by atoms with Crippen molar-refractivity contribution in [2.24, 2.45) is 0 Å². The van der Waals surface area contributed by atoms with Gasteiger partial charge in [-0.1, -0.05) is 60.7 Å². The Hall–Kier alpha value is -3.94. The van der Waals surface area contributed by atoms with E-state index in [1.165, 1.54) is 11.1 Å². The van der Waals surface area contributed by atoms with E-state index in [-0.39, 0.29) is 18.1 Å². The fourth-order valence-electron chi connectivity index (χ4n) is 5.29. The lowest BCUT2D eigenvalue weighted by molar-refractivity contribution is -0.0359. The summed E-state index contributed by atoms with van der Waals surface area (Å²) < 4.78 is 24.0. The molecule has 2 atom stereocenters. The molecular formula is C36H42N2O5. The van der Waals surface area contributed by atoms with Crippen LogP contribution in [0.5, 0.6) is 5.75 Å². The van der Waals surface area contributed by atoms with E-state index >= 15 is 0 Å². The normalized spacial score (nSPS) is 17.1. The maximum atomic E-state index is 12.9. The molecule has 2 heterocycles. The molecule has 1 saturated heterocycles. The summed E-state index contributed by atoms with van der Waals surface area (Å²) in [4.78, 5) is 19.2. The van der Waals surface area contributed by atoms with Gasteiger partial charge in [-0.25, -0.2) is 4.79 Å². The summed E-state index contributed by atoms with van der Waals surface area (Å²) in [5.74, 6) is 0.969. The Bertz CT molecular complexity index is 1450. The lowest BCUT2D eigenvalue weighted by Gasteiger charge is -2.39. The summed E-state index contributed by atoms with van der Waals surface area (Å²) >= 11 is 0. The fraction of sp³-hybridized carbons (Fsp3) is 0.389. The molecule has 0 aliphatic carbocycles. The second-order valence-electron chi connectivity index (χ2n) is 12.0. The summed E-state index contributed by atoms with van der Waals surface area (Å²) in [6.07, 6.45) is 2.91. The standard InChI is InChI=1S/C36H42N2O5/c1-36(2,3)43-35(39)38-20-18-32(34(24-38)42-26-28-12-13-30-11-7-19-37-33(30)23-28)29-14-16-31(17-15-29)41-22-8-21-40-25-27-9-5-4-6-10-27/h4-7,9-17,19,23,32,34H,8,18,20-22,24-26H2,1-3H3. The first kappa shape index (κ1) is 30.5. The highest BCUT2D eigenvalue weighted by molar-refractivity contribution is 5.78. The third-order valence-electron chi connectivity index (χ3n) is 7.47. The number of amides is 1. The van der Waals surface area contributed by atoms with Crippen LogP contribution in [-0.4, -0.2) is 54.0 Å². The van der Waals surface area contributed by atoms with Gasteiger partial charge in [0.05, 0.1) is 44.6 Å². The van der Waals surface area contributed by atoms with Gasteiger partial charge in [-0.15, -0.1) is 0 Å². The minimum Gasteiger partial charge on any atom is -0.494 e. The predicted molar refractivity (Wildman–Crippen MR) is 168 cm³/mol. The number of ether oxygens (including phenoxy) is 4. The number of carbonyl (C=O) groups excluding carboxylic acids is 1. The molecule has 7 nitrogen and oxygen atoms in total. The summed E-state index contributed by atoms with van der Waals surface area (Å²) in [6, 6.07) is 28.7. The van der Waals surface area contributed by atoms with E-state index in [1.54, 1.807) is 11.1 Å². The van der Waals surface area contributed by atoms with Crippen molar-refractivity contribution in [3.05, 3.63) is 108 Å². The number of hydrogen-bond donors (Lipinski definition) is 0. The van der Waals surface area contributed by atoms with E-state index < -0.39 is 5.60 Å². The van der Waals surface area contributed by atoms with Crippen LogP contribution in [0.15, 0.2) is 91.1 Å². The Morgan fingerprint density at radius 2 is 1.72 bits per heavy atom. The van der Waals surface area contributed by atoms with E-state index in [4.69, 9.17) is 18.9 Å². The molecule has 1 aliphatic rings. The van der Waals surface area contributed by atoms with Crippen LogP contribution in [0.2, 0.25) is 0 Å². The highest BCUT2D eigenvalue weighted by atomic mass is 16.6. The Labute approximate surface area is 254 Å². The number of fused-ring (bicyclic) bond motifs is 1. The minimum absolute atomic E-state index is 0.137. The first-order valence-corrected chi connectivity index (χ1v) is 15.1. The maximum absolute atomic E-state index is 12.9. The second-order valence-corrected chi connectivity index (χ2v) is 12.0. The predicted octanol–water partition coefficient (Wildman–Crippen LogP) is 7.53. The van der Waals surface area contributed by atoms with Crippen LogP contribution in [0.4, 0.5) is 4.79 Å². The molecule has 7 heteroatoms. The maximum Gasteiger partial charge on any atom is 0.410 e. The zero-order valence-electron chi connectivity index (χ0n) is 25.4. The van der Waals surface area contributed by atoms with Crippen molar-refractivity contribution in [1.29, 1.82) is 0 Å². The highest BCUT2D eigenvalue weighted by Gasteiger charge is 2.35. The van der Waals surface area contributed by atoms with Gasteiger partial charge in [-0.2, -0.15) is 0 Å². The van der Waals surface area contributed by atoms with Gasteiger partial charge in [0.2, 0.25) is 0 Å². The van der Waals surface area contributed by atoms with Crippen LogP contribution >= 0.6 is 0 Å². The molecule has 0 radical (unpaired) electrons. The molecular weight excluding hydrogens is 540 g/mol. The van der Waals surface area contributed by atoms with Gasteiger partial charge in [-0.05, 0) is 68.1 Å². The Balaban J connectivity index is 1.18. The number of carbonyl (C=O) groups is 1. The molecule has 0 bridgehead atoms. The Morgan fingerprint density at radius 3 is 2.51 bits per heavy atom. The number of likely N-dealkylation sites (tertiary alicyclic amines) is 1. The molecule has 43 heavy (non-hydrogen) atoms. The third-order valence-corrected chi connectivity index (χ3v) is 7.47. The third kappa shape index (κ3) is 9.02. The lowest BCUT2D eigenvalue weighted by atomic mass is 9.87.